The zero-order valence-corrected chi connectivity index (χ0v) is 14.1. The highest BCUT2D eigenvalue weighted by Crippen LogP contribution is 2.27. The molecule has 5 nitrogen and oxygen atoms in total. The summed E-state index contributed by atoms with van der Waals surface area (Å²) in [5.74, 6) is 1.45. The number of hydrogen-bond donors (Lipinski definition) is 0. The van der Waals surface area contributed by atoms with Crippen LogP contribution >= 0.6 is 15.9 Å². The molecule has 0 atom stereocenters. The van der Waals surface area contributed by atoms with Gasteiger partial charge < -0.3 is 19.3 Å². The van der Waals surface area contributed by atoms with E-state index in [1.807, 2.05) is 28.0 Å². The van der Waals surface area contributed by atoms with Crippen molar-refractivity contribution in [2.45, 2.75) is 6.42 Å². The molecule has 1 saturated heterocycles. The molecule has 0 radical (unpaired) electrons. The van der Waals surface area contributed by atoms with E-state index in [0.29, 0.717) is 0 Å². The van der Waals surface area contributed by atoms with Crippen LogP contribution in [-0.4, -0.2) is 61.6 Å². The van der Waals surface area contributed by atoms with Crippen LogP contribution in [-0.2, 0) is 6.42 Å². The van der Waals surface area contributed by atoms with Crippen LogP contribution in [0, 0.1) is 0 Å². The highest BCUT2D eigenvalue weighted by Gasteiger charge is 2.27. The van der Waals surface area contributed by atoms with Gasteiger partial charge in [0.05, 0.1) is 14.2 Å². The van der Waals surface area contributed by atoms with E-state index in [1.54, 1.807) is 14.2 Å². The Morgan fingerprint density at radius 1 is 1.10 bits per heavy atom. The normalized spacial score (nSPS) is 14.7. The molecule has 0 spiro atoms. The average Bonchev–Trinajstić information content (AvgIpc) is 2.86. The molecule has 0 saturated carbocycles. The lowest BCUT2D eigenvalue weighted by Gasteiger charge is -2.18. The summed E-state index contributed by atoms with van der Waals surface area (Å²) in [5.41, 5.74) is 1.14. The molecule has 1 aliphatic heterocycles. The fourth-order valence-electron chi connectivity index (χ4n) is 2.45. The predicted octanol–water partition coefficient (Wildman–Crippen LogP) is 2.38. The van der Waals surface area contributed by atoms with Gasteiger partial charge in [-0.1, -0.05) is 22.0 Å². The topological polar surface area (TPSA) is 42.0 Å². The summed E-state index contributed by atoms with van der Waals surface area (Å²) >= 11 is 3.37. The van der Waals surface area contributed by atoms with Gasteiger partial charge in [-0.2, -0.15) is 0 Å². The second-order valence-electron chi connectivity index (χ2n) is 4.88. The largest absolute Gasteiger partial charge is 0.493 e. The van der Waals surface area contributed by atoms with Gasteiger partial charge in [0.25, 0.3) is 0 Å². The van der Waals surface area contributed by atoms with Crippen molar-refractivity contribution in [2.24, 2.45) is 0 Å². The lowest BCUT2D eigenvalue weighted by molar-refractivity contribution is 0.194. The number of alkyl halides is 1. The zero-order chi connectivity index (χ0) is 15.2. The van der Waals surface area contributed by atoms with Gasteiger partial charge in [0.2, 0.25) is 0 Å². The second-order valence-corrected chi connectivity index (χ2v) is 5.68. The van der Waals surface area contributed by atoms with Crippen LogP contribution in [0.3, 0.4) is 0 Å². The summed E-state index contributed by atoms with van der Waals surface area (Å²) in [4.78, 5) is 15.9. The molecule has 1 fully saturated rings. The van der Waals surface area contributed by atoms with Crippen LogP contribution < -0.4 is 9.47 Å². The molecule has 116 valence electrons. The number of nitrogens with zero attached hydrogens (tertiary/aromatic N) is 2. The Morgan fingerprint density at radius 3 is 2.38 bits per heavy atom. The molecule has 0 bridgehead atoms. The van der Waals surface area contributed by atoms with E-state index in [1.165, 1.54) is 0 Å². The van der Waals surface area contributed by atoms with Crippen molar-refractivity contribution in [3.8, 4) is 11.5 Å². The number of rotatable bonds is 7. The number of ether oxygens (including phenoxy) is 2. The van der Waals surface area contributed by atoms with E-state index >= 15 is 0 Å². The Kier molecular flexibility index (Phi) is 5.73. The number of benzene rings is 1. The molecule has 0 aromatic heterocycles. The summed E-state index contributed by atoms with van der Waals surface area (Å²) < 4.78 is 10.5. The molecular formula is C15H21BrN2O3. The summed E-state index contributed by atoms with van der Waals surface area (Å²) in [6.45, 7) is 3.12. The number of hydrogen-bond acceptors (Lipinski definition) is 3. The molecular weight excluding hydrogens is 336 g/mol. The van der Waals surface area contributed by atoms with Gasteiger partial charge >= 0.3 is 6.03 Å². The Labute approximate surface area is 133 Å². The minimum Gasteiger partial charge on any atom is -0.493 e. The summed E-state index contributed by atoms with van der Waals surface area (Å²) in [6.07, 6.45) is 0.814. The van der Waals surface area contributed by atoms with Crippen molar-refractivity contribution in [1.82, 2.24) is 9.80 Å². The fourth-order valence-corrected chi connectivity index (χ4v) is 2.88. The first-order chi connectivity index (χ1) is 10.2. The number of carbonyl (C=O) groups excluding carboxylic acids is 1. The van der Waals surface area contributed by atoms with Gasteiger partial charge in [-0.3, -0.25) is 0 Å². The maximum absolute atomic E-state index is 12.1. The quantitative estimate of drug-likeness (QED) is 0.704. The molecule has 2 rings (SSSR count). The van der Waals surface area contributed by atoms with Crippen molar-refractivity contribution in [3.63, 3.8) is 0 Å². The van der Waals surface area contributed by atoms with Crippen molar-refractivity contribution >= 4 is 22.0 Å². The molecule has 0 N–H and O–H groups in total. The molecule has 0 unspecified atom stereocenters. The van der Waals surface area contributed by atoms with Gasteiger partial charge in [0.15, 0.2) is 11.5 Å². The minimum absolute atomic E-state index is 0.134. The van der Waals surface area contributed by atoms with Gasteiger partial charge in [-0.05, 0) is 24.1 Å². The highest BCUT2D eigenvalue weighted by atomic mass is 79.9. The third-order valence-electron chi connectivity index (χ3n) is 3.65. The van der Waals surface area contributed by atoms with Crippen LogP contribution in [0.2, 0.25) is 0 Å². The minimum atomic E-state index is 0.134. The van der Waals surface area contributed by atoms with Crippen LogP contribution in [0.15, 0.2) is 18.2 Å². The predicted molar refractivity (Wildman–Crippen MR) is 85.6 cm³/mol. The summed E-state index contributed by atoms with van der Waals surface area (Å²) in [7, 11) is 3.25. The number of halogens is 1. The lowest BCUT2D eigenvalue weighted by Crippen LogP contribution is -2.34. The molecule has 2 amide bonds. The van der Waals surface area contributed by atoms with Gasteiger partial charge in [0.1, 0.15) is 0 Å². The van der Waals surface area contributed by atoms with E-state index in [0.717, 1.165) is 55.0 Å². The number of methoxy groups -OCH3 is 2. The molecule has 0 aliphatic carbocycles. The smallest absolute Gasteiger partial charge is 0.320 e. The van der Waals surface area contributed by atoms with Crippen molar-refractivity contribution < 1.29 is 14.3 Å². The first-order valence-electron chi connectivity index (χ1n) is 7.00. The van der Waals surface area contributed by atoms with E-state index < -0.39 is 0 Å². The zero-order valence-electron chi connectivity index (χ0n) is 12.5. The van der Waals surface area contributed by atoms with E-state index in [4.69, 9.17) is 9.47 Å². The Balaban J connectivity index is 1.93. The Morgan fingerprint density at radius 2 is 1.76 bits per heavy atom. The summed E-state index contributed by atoms with van der Waals surface area (Å²) in [6, 6.07) is 6.01. The second kappa shape index (κ2) is 7.54. The first-order valence-corrected chi connectivity index (χ1v) is 8.12. The number of amides is 2. The highest BCUT2D eigenvalue weighted by molar-refractivity contribution is 9.09. The van der Waals surface area contributed by atoms with Crippen LogP contribution in [0.5, 0.6) is 11.5 Å². The van der Waals surface area contributed by atoms with Crippen LogP contribution in [0.4, 0.5) is 4.79 Å². The lowest BCUT2D eigenvalue weighted by atomic mass is 10.1. The van der Waals surface area contributed by atoms with E-state index in [9.17, 15) is 4.79 Å². The van der Waals surface area contributed by atoms with Crippen molar-refractivity contribution in [3.05, 3.63) is 23.8 Å². The number of urea groups is 1. The third kappa shape index (κ3) is 3.81. The standard InChI is InChI=1S/C15H21BrN2O3/c1-20-13-4-3-12(11-14(13)21-2)5-7-17-9-10-18(8-6-16)15(17)19/h3-4,11H,5-10H2,1-2H3. The third-order valence-corrected chi connectivity index (χ3v) is 4.01. The number of carbonyl (C=O) groups is 1. The molecule has 6 heteroatoms. The van der Waals surface area contributed by atoms with Crippen molar-refractivity contribution in [2.75, 3.05) is 45.7 Å². The average molecular weight is 357 g/mol. The van der Waals surface area contributed by atoms with Gasteiger partial charge in [0, 0.05) is 31.5 Å². The van der Waals surface area contributed by atoms with Crippen molar-refractivity contribution in [1.29, 1.82) is 0 Å². The summed E-state index contributed by atoms with van der Waals surface area (Å²) in [5, 5.41) is 0.822. The Bertz CT molecular complexity index is 496. The van der Waals surface area contributed by atoms with E-state index in [-0.39, 0.29) is 6.03 Å². The Hall–Kier alpha value is -1.43. The van der Waals surface area contributed by atoms with Crippen LogP contribution in [0.25, 0.3) is 0 Å². The molecule has 1 aliphatic rings. The van der Waals surface area contributed by atoms with E-state index in [2.05, 4.69) is 15.9 Å². The fraction of sp³-hybridized carbons (Fsp3) is 0.533. The molecule has 1 heterocycles. The van der Waals surface area contributed by atoms with Gasteiger partial charge in [-0.15, -0.1) is 0 Å². The van der Waals surface area contributed by atoms with Crippen LogP contribution in [0.1, 0.15) is 5.56 Å². The molecule has 1 aromatic carbocycles. The molecule has 1 aromatic rings. The maximum Gasteiger partial charge on any atom is 0.320 e. The first kappa shape index (κ1) is 15.9. The SMILES string of the molecule is COc1ccc(CCN2CCN(CCBr)C2=O)cc1OC. The molecule has 21 heavy (non-hydrogen) atoms. The maximum atomic E-state index is 12.1. The van der Waals surface area contributed by atoms with Gasteiger partial charge in [-0.25, -0.2) is 4.79 Å². The monoisotopic (exact) mass is 356 g/mol.